The van der Waals surface area contributed by atoms with Gasteiger partial charge in [-0.2, -0.15) is 0 Å². The summed E-state index contributed by atoms with van der Waals surface area (Å²) < 4.78 is 4.86. The first-order valence-corrected chi connectivity index (χ1v) is 5.83. The number of methoxy groups -OCH3 is 1. The highest BCUT2D eigenvalue weighted by atomic mass is 79.9. The molecule has 1 atom stereocenters. The van der Waals surface area contributed by atoms with Gasteiger partial charge in [-0.3, -0.25) is 14.9 Å². The highest BCUT2D eigenvalue weighted by Crippen LogP contribution is 2.26. The molecule has 0 spiro atoms. The Balaban J connectivity index is 2.90. The minimum atomic E-state index is -0.847. The molecule has 0 N–H and O–H groups in total. The number of esters is 1. The molecule has 92 valence electrons. The zero-order valence-electron chi connectivity index (χ0n) is 8.85. The molecule has 0 aliphatic heterocycles. The van der Waals surface area contributed by atoms with Crippen LogP contribution in [0.1, 0.15) is 5.56 Å². The van der Waals surface area contributed by atoms with E-state index in [1.54, 1.807) is 12.1 Å². The first-order valence-electron chi connectivity index (χ1n) is 4.60. The smallest absolute Gasteiger partial charge is 0.324 e. The number of ether oxygens (including phenoxy) is 1. The highest BCUT2D eigenvalue weighted by Gasteiger charge is 2.19. The van der Waals surface area contributed by atoms with Crippen molar-refractivity contribution >= 4 is 39.2 Å². The molecular weight excluding hydrogens is 313 g/mol. The number of carbonyl (C=O) groups is 1. The number of halogens is 2. The maximum atomic E-state index is 11.1. The second-order valence-corrected chi connectivity index (χ2v) is 4.62. The third-order valence-corrected chi connectivity index (χ3v) is 3.08. The van der Waals surface area contributed by atoms with Crippen LogP contribution in [0.4, 0.5) is 5.69 Å². The van der Waals surface area contributed by atoms with E-state index in [1.165, 1.54) is 13.2 Å². The maximum Gasteiger partial charge on any atom is 0.324 e. The zero-order chi connectivity index (χ0) is 13.0. The molecular formula is C10H9BrClNO4. The van der Waals surface area contributed by atoms with Crippen molar-refractivity contribution in [1.29, 1.82) is 0 Å². The van der Waals surface area contributed by atoms with Crippen molar-refractivity contribution in [2.24, 2.45) is 0 Å². The fourth-order valence-electron chi connectivity index (χ4n) is 1.24. The predicted octanol–water partition coefficient (Wildman–Crippen LogP) is 2.68. The van der Waals surface area contributed by atoms with Crippen molar-refractivity contribution < 1.29 is 14.5 Å². The second kappa shape index (κ2) is 5.97. The van der Waals surface area contributed by atoms with Crippen LogP contribution in [0.15, 0.2) is 22.7 Å². The molecule has 0 bridgehead atoms. The van der Waals surface area contributed by atoms with E-state index in [0.717, 1.165) is 0 Å². The molecule has 0 heterocycles. The van der Waals surface area contributed by atoms with Crippen LogP contribution in [0.2, 0.25) is 0 Å². The number of carbonyl (C=O) groups excluding carboxylic acids is 1. The summed E-state index contributed by atoms with van der Waals surface area (Å²) in [5.41, 5.74) is 0.543. The van der Waals surface area contributed by atoms with Gasteiger partial charge in [0, 0.05) is 6.07 Å². The number of rotatable bonds is 4. The van der Waals surface area contributed by atoms with Gasteiger partial charge >= 0.3 is 5.97 Å². The fourth-order valence-corrected chi connectivity index (χ4v) is 1.90. The van der Waals surface area contributed by atoms with Gasteiger partial charge in [0.1, 0.15) is 5.38 Å². The van der Waals surface area contributed by atoms with Crippen LogP contribution < -0.4 is 0 Å². The number of nitro groups is 1. The Kier molecular flexibility index (Phi) is 4.89. The van der Waals surface area contributed by atoms with Gasteiger partial charge in [0.2, 0.25) is 0 Å². The summed E-state index contributed by atoms with van der Waals surface area (Å²) in [5, 5.41) is 9.85. The monoisotopic (exact) mass is 321 g/mol. The fraction of sp³-hybridized carbons (Fsp3) is 0.300. The molecule has 7 heteroatoms. The summed E-state index contributed by atoms with van der Waals surface area (Å²) in [6, 6.07) is 4.59. The van der Waals surface area contributed by atoms with Crippen LogP contribution in [0.3, 0.4) is 0 Å². The largest absolute Gasteiger partial charge is 0.468 e. The van der Waals surface area contributed by atoms with Gasteiger partial charge in [0.05, 0.1) is 16.5 Å². The van der Waals surface area contributed by atoms with Crippen LogP contribution >= 0.6 is 27.5 Å². The maximum absolute atomic E-state index is 11.1. The van der Waals surface area contributed by atoms with E-state index < -0.39 is 16.3 Å². The molecule has 5 nitrogen and oxygen atoms in total. The first kappa shape index (κ1) is 13.9. The van der Waals surface area contributed by atoms with Crippen molar-refractivity contribution in [2.45, 2.75) is 11.8 Å². The molecule has 1 aromatic carbocycles. The molecule has 17 heavy (non-hydrogen) atoms. The van der Waals surface area contributed by atoms with Gasteiger partial charge in [0.15, 0.2) is 0 Å². The lowest BCUT2D eigenvalue weighted by Crippen LogP contribution is -2.18. The molecule has 0 saturated heterocycles. The minimum absolute atomic E-state index is 0.0590. The van der Waals surface area contributed by atoms with E-state index in [-0.39, 0.29) is 12.1 Å². The third-order valence-electron chi connectivity index (χ3n) is 2.08. The number of hydrogen-bond donors (Lipinski definition) is 0. The van der Waals surface area contributed by atoms with Crippen molar-refractivity contribution in [3.8, 4) is 0 Å². The minimum Gasteiger partial charge on any atom is -0.468 e. The molecule has 0 amide bonds. The quantitative estimate of drug-likeness (QED) is 0.370. The van der Waals surface area contributed by atoms with Gasteiger partial charge < -0.3 is 4.74 Å². The van der Waals surface area contributed by atoms with Crippen LogP contribution in [0.5, 0.6) is 0 Å². The second-order valence-electron chi connectivity index (χ2n) is 3.24. The van der Waals surface area contributed by atoms with Crippen LogP contribution in [0.25, 0.3) is 0 Å². The number of alkyl halides is 1. The Labute approximate surface area is 111 Å². The molecule has 0 aliphatic rings. The Morgan fingerprint density at radius 2 is 2.29 bits per heavy atom. The number of benzene rings is 1. The standard InChI is InChI=1S/C10H9BrClNO4/c1-17-10(14)8(12)4-6-2-3-7(11)9(5-6)13(15)16/h2-3,5,8H,4H2,1H3. The Morgan fingerprint density at radius 3 is 2.82 bits per heavy atom. The lowest BCUT2D eigenvalue weighted by Gasteiger charge is -2.07. The molecule has 0 fully saturated rings. The van der Waals surface area contributed by atoms with E-state index in [4.69, 9.17) is 11.6 Å². The summed E-state index contributed by atoms with van der Waals surface area (Å²) in [5.74, 6) is -0.558. The predicted molar refractivity (Wildman–Crippen MR) is 66.2 cm³/mol. The van der Waals surface area contributed by atoms with Crippen molar-refractivity contribution in [3.05, 3.63) is 38.3 Å². The van der Waals surface area contributed by atoms with E-state index in [2.05, 4.69) is 20.7 Å². The molecule has 0 radical (unpaired) electrons. The van der Waals surface area contributed by atoms with Gasteiger partial charge in [-0.25, -0.2) is 0 Å². The average Bonchev–Trinajstić information content (AvgIpc) is 2.30. The highest BCUT2D eigenvalue weighted by molar-refractivity contribution is 9.10. The number of hydrogen-bond acceptors (Lipinski definition) is 4. The first-order chi connectivity index (χ1) is 7.95. The van der Waals surface area contributed by atoms with Gasteiger partial charge in [-0.15, -0.1) is 11.6 Å². The van der Waals surface area contributed by atoms with E-state index in [1.807, 2.05) is 0 Å². The summed E-state index contributed by atoms with van der Waals surface area (Å²) >= 11 is 8.86. The summed E-state index contributed by atoms with van der Waals surface area (Å²) in [7, 11) is 1.24. The Morgan fingerprint density at radius 1 is 1.65 bits per heavy atom. The molecule has 1 rings (SSSR count). The molecule has 0 aromatic heterocycles. The van der Waals surface area contributed by atoms with Gasteiger partial charge in [-0.1, -0.05) is 6.07 Å². The van der Waals surface area contributed by atoms with Crippen molar-refractivity contribution in [3.63, 3.8) is 0 Å². The Bertz CT molecular complexity index is 452. The summed E-state index contributed by atoms with van der Waals surface area (Å²) in [4.78, 5) is 21.3. The van der Waals surface area contributed by atoms with Crippen LogP contribution in [-0.4, -0.2) is 23.4 Å². The molecule has 1 aromatic rings. The lowest BCUT2D eigenvalue weighted by molar-refractivity contribution is -0.385. The van der Waals surface area contributed by atoms with Gasteiger partial charge in [0.25, 0.3) is 5.69 Å². The van der Waals surface area contributed by atoms with Crippen molar-refractivity contribution in [2.75, 3.05) is 7.11 Å². The van der Waals surface area contributed by atoms with Crippen molar-refractivity contribution in [1.82, 2.24) is 0 Å². The van der Waals surface area contributed by atoms with Gasteiger partial charge in [-0.05, 0) is 34.0 Å². The lowest BCUT2D eigenvalue weighted by atomic mass is 10.1. The molecule has 1 unspecified atom stereocenters. The number of nitro benzene ring substituents is 1. The third kappa shape index (κ3) is 3.67. The van der Waals surface area contributed by atoms with E-state index in [0.29, 0.717) is 10.0 Å². The average molecular weight is 323 g/mol. The Hall–Kier alpha value is -1.14. The molecule has 0 saturated carbocycles. The molecule has 0 aliphatic carbocycles. The summed E-state index contributed by atoms with van der Waals surface area (Å²) in [6.45, 7) is 0. The topological polar surface area (TPSA) is 69.4 Å². The zero-order valence-corrected chi connectivity index (χ0v) is 11.2. The normalized spacial score (nSPS) is 11.9. The van der Waals surface area contributed by atoms with Crippen LogP contribution in [-0.2, 0) is 16.0 Å². The summed E-state index contributed by atoms with van der Waals surface area (Å²) in [6.07, 6.45) is 0.183. The van der Waals surface area contributed by atoms with Crippen LogP contribution in [0, 0.1) is 10.1 Å². The van der Waals surface area contributed by atoms with E-state index in [9.17, 15) is 14.9 Å². The van der Waals surface area contributed by atoms with E-state index >= 15 is 0 Å². The SMILES string of the molecule is COC(=O)C(Cl)Cc1ccc(Br)c([N+](=O)[O-])c1. The number of nitrogens with zero attached hydrogens (tertiary/aromatic N) is 1.